The number of benzene rings is 2. The molecule has 0 saturated heterocycles. The first-order chi connectivity index (χ1) is 9.40. The van der Waals surface area contributed by atoms with E-state index in [-0.39, 0.29) is 5.69 Å². The average molecular weight is 274 g/mol. The van der Waals surface area contributed by atoms with Crippen LogP contribution in [0.15, 0.2) is 36.4 Å². The molecule has 0 saturated carbocycles. The van der Waals surface area contributed by atoms with Gasteiger partial charge >= 0.3 is 5.97 Å². The third kappa shape index (κ3) is 2.56. The lowest BCUT2D eigenvalue weighted by atomic mass is 10.1. The number of carboxylic acid groups (broad SMARTS) is 1. The van der Waals surface area contributed by atoms with Crippen LogP contribution in [-0.4, -0.2) is 18.1 Å². The van der Waals surface area contributed by atoms with Gasteiger partial charge in [-0.25, -0.2) is 9.18 Å². The Bertz CT molecular complexity index is 671. The maximum atomic E-state index is 13.8. The molecule has 2 aromatic rings. The largest absolute Gasteiger partial charge is 0.478 e. The highest BCUT2D eigenvalue weighted by Gasteiger charge is 2.16. The van der Waals surface area contributed by atoms with E-state index in [1.807, 2.05) is 31.2 Å². The van der Waals surface area contributed by atoms with Crippen LogP contribution in [0.2, 0.25) is 0 Å². The summed E-state index contributed by atoms with van der Waals surface area (Å²) in [5.41, 5.74) is 7.96. The van der Waals surface area contributed by atoms with Crippen LogP contribution in [0.5, 0.6) is 0 Å². The van der Waals surface area contributed by atoms with Crippen LogP contribution < -0.4 is 10.6 Å². The lowest BCUT2D eigenvalue weighted by molar-refractivity contribution is 0.0692. The first-order valence-electron chi connectivity index (χ1n) is 6.03. The molecule has 0 spiro atoms. The molecule has 0 radical (unpaired) electrons. The molecule has 2 aromatic carbocycles. The van der Waals surface area contributed by atoms with Crippen molar-refractivity contribution in [3.63, 3.8) is 0 Å². The fourth-order valence-corrected chi connectivity index (χ4v) is 2.01. The van der Waals surface area contributed by atoms with Crippen molar-refractivity contribution in [1.82, 2.24) is 0 Å². The minimum Gasteiger partial charge on any atom is -0.478 e. The highest BCUT2D eigenvalue weighted by molar-refractivity contribution is 5.91. The van der Waals surface area contributed by atoms with Crippen LogP contribution in [0, 0.1) is 12.7 Å². The quantitative estimate of drug-likeness (QED) is 0.844. The third-order valence-corrected chi connectivity index (χ3v) is 3.10. The Morgan fingerprint density at radius 3 is 2.60 bits per heavy atom. The summed E-state index contributed by atoms with van der Waals surface area (Å²) in [6.07, 6.45) is 0. The molecule has 0 bridgehead atoms. The predicted octanol–water partition coefficient (Wildman–Crippen LogP) is 3.18. The molecule has 0 heterocycles. The summed E-state index contributed by atoms with van der Waals surface area (Å²) in [6.45, 7) is 1.95. The maximum Gasteiger partial charge on any atom is 0.338 e. The highest BCUT2D eigenvalue weighted by Crippen LogP contribution is 2.31. The van der Waals surface area contributed by atoms with Gasteiger partial charge < -0.3 is 15.7 Å². The number of nitrogen functional groups attached to an aromatic ring is 1. The number of hydrogen-bond donors (Lipinski definition) is 2. The van der Waals surface area contributed by atoms with Crippen LogP contribution in [0.1, 0.15) is 15.9 Å². The van der Waals surface area contributed by atoms with Crippen LogP contribution in [-0.2, 0) is 0 Å². The number of anilines is 3. The van der Waals surface area contributed by atoms with Crippen molar-refractivity contribution in [2.75, 3.05) is 17.7 Å². The van der Waals surface area contributed by atoms with Gasteiger partial charge in [0.05, 0.1) is 16.9 Å². The Morgan fingerprint density at radius 1 is 1.30 bits per heavy atom. The van der Waals surface area contributed by atoms with Gasteiger partial charge in [0.1, 0.15) is 5.82 Å². The number of nitrogens with two attached hydrogens (primary N) is 1. The number of rotatable bonds is 3. The number of nitrogens with zero attached hydrogens (tertiary/aromatic N) is 1. The fraction of sp³-hybridized carbons (Fsp3) is 0.133. The molecule has 0 aliphatic heterocycles. The highest BCUT2D eigenvalue weighted by atomic mass is 19.1. The number of carbonyl (C=O) groups is 1. The van der Waals surface area contributed by atoms with Gasteiger partial charge in [0.2, 0.25) is 0 Å². The van der Waals surface area contributed by atoms with Crippen molar-refractivity contribution in [2.45, 2.75) is 6.92 Å². The summed E-state index contributed by atoms with van der Waals surface area (Å²) in [7, 11) is 1.75. The molecule has 0 fully saturated rings. The second-order valence-corrected chi connectivity index (χ2v) is 4.59. The second-order valence-electron chi connectivity index (χ2n) is 4.59. The summed E-state index contributed by atoms with van der Waals surface area (Å²) in [6, 6.07) is 9.92. The Labute approximate surface area is 116 Å². The average Bonchev–Trinajstić information content (AvgIpc) is 2.40. The molecule has 0 unspecified atom stereocenters. The summed E-state index contributed by atoms with van der Waals surface area (Å²) in [5, 5.41) is 8.86. The monoisotopic (exact) mass is 274 g/mol. The maximum absolute atomic E-state index is 13.8. The minimum atomic E-state index is -1.33. The summed E-state index contributed by atoms with van der Waals surface area (Å²) >= 11 is 0. The van der Waals surface area contributed by atoms with Gasteiger partial charge in [-0.3, -0.25) is 0 Å². The summed E-state index contributed by atoms with van der Waals surface area (Å²) < 4.78 is 13.8. The van der Waals surface area contributed by atoms with Gasteiger partial charge in [-0.15, -0.1) is 0 Å². The van der Waals surface area contributed by atoms with E-state index >= 15 is 0 Å². The Kier molecular flexibility index (Phi) is 3.61. The van der Waals surface area contributed by atoms with E-state index in [0.29, 0.717) is 5.69 Å². The van der Waals surface area contributed by atoms with E-state index in [9.17, 15) is 9.18 Å². The Hall–Kier alpha value is -2.56. The van der Waals surface area contributed by atoms with E-state index in [0.717, 1.165) is 23.4 Å². The topological polar surface area (TPSA) is 66.6 Å². The van der Waals surface area contributed by atoms with Gasteiger partial charge in [0, 0.05) is 18.8 Å². The zero-order chi connectivity index (χ0) is 14.9. The third-order valence-electron chi connectivity index (χ3n) is 3.10. The Balaban J connectivity index is 2.48. The van der Waals surface area contributed by atoms with Crippen LogP contribution in [0.25, 0.3) is 0 Å². The van der Waals surface area contributed by atoms with Crippen LogP contribution >= 0.6 is 0 Å². The van der Waals surface area contributed by atoms with Crippen molar-refractivity contribution < 1.29 is 14.3 Å². The van der Waals surface area contributed by atoms with Gasteiger partial charge in [-0.1, -0.05) is 12.1 Å². The van der Waals surface area contributed by atoms with Crippen molar-refractivity contribution in [3.8, 4) is 0 Å². The number of aromatic carboxylic acids is 1. The molecule has 0 amide bonds. The van der Waals surface area contributed by atoms with Crippen LogP contribution in [0.3, 0.4) is 0 Å². The fourth-order valence-electron chi connectivity index (χ4n) is 2.01. The molecule has 3 N–H and O–H groups in total. The standard InChI is InChI=1S/C15H15FN2O2/c1-9-4-3-5-10(6-9)18(2)14-8-12(16)11(15(19)20)7-13(14)17/h3-8H,17H2,1-2H3,(H,19,20). The van der Waals surface area contributed by atoms with Gasteiger partial charge in [-0.2, -0.15) is 0 Å². The summed E-state index contributed by atoms with van der Waals surface area (Å²) in [4.78, 5) is 12.6. The lowest BCUT2D eigenvalue weighted by Crippen LogP contribution is -2.13. The summed E-state index contributed by atoms with van der Waals surface area (Å²) in [5.74, 6) is -2.14. The lowest BCUT2D eigenvalue weighted by Gasteiger charge is -2.22. The predicted molar refractivity (Wildman–Crippen MR) is 77.0 cm³/mol. The van der Waals surface area contributed by atoms with Crippen molar-refractivity contribution in [2.24, 2.45) is 0 Å². The SMILES string of the molecule is Cc1cccc(N(C)c2cc(F)c(C(=O)O)cc2N)c1. The van der Waals surface area contributed by atoms with E-state index in [4.69, 9.17) is 10.8 Å². The van der Waals surface area contributed by atoms with Crippen molar-refractivity contribution >= 4 is 23.0 Å². The molecular formula is C15H15FN2O2. The molecule has 0 atom stereocenters. The second kappa shape index (κ2) is 5.21. The zero-order valence-electron chi connectivity index (χ0n) is 11.2. The van der Waals surface area contributed by atoms with Crippen molar-refractivity contribution in [3.05, 3.63) is 53.3 Å². The molecule has 0 aliphatic rings. The molecule has 0 aromatic heterocycles. The van der Waals surface area contributed by atoms with E-state index in [1.165, 1.54) is 0 Å². The van der Waals surface area contributed by atoms with E-state index < -0.39 is 17.3 Å². The van der Waals surface area contributed by atoms with Crippen LogP contribution in [0.4, 0.5) is 21.5 Å². The molecule has 2 rings (SSSR count). The van der Waals surface area contributed by atoms with E-state index in [2.05, 4.69) is 0 Å². The van der Waals surface area contributed by atoms with E-state index in [1.54, 1.807) is 11.9 Å². The van der Waals surface area contributed by atoms with Gasteiger partial charge in [0.15, 0.2) is 0 Å². The Morgan fingerprint density at radius 2 is 2.00 bits per heavy atom. The first-order valence-corrected chi connectivity index (χ1v) is 6.03. The smallest absolute Gasteiger partial charge is 0.338 e. The van der Waals surface area contributed by atoms with Gasteiger partial charge in [0.25, 0.3) is 0 Å². The molecular weight excluding hydrogens is 259 g/mol. The molecule has 5 heteroatoms. The number of halogens is 1. The molecule has 20 heavy (non-hydrogen) atoms. The number of carboxylic acids is 1. The molecule has 4 nitrogen and oxygen atoms in total. The molecule has 0 aliphatic carbocycles. The number of hydrogen-bond acceptors (Lipinski definition) is 3. The van der Waals surface area contributed by atoms with Gasteiger partial charge in [-0.05, 0) is 30.7 Å². The minimum absolute atomic E-state index is 0.216. The first kappa shape index (κ1) is 13.9. The normalized spacial score (nSPS) is 10.3. The zero-order valence-corrected chi connectivity index (χ0v) is 11.2. The molecule has 104 valence electrons. The number of aryl methyl sites for hydroxylation is 1. The van der Waals surface area contributed by atoms with Crippen molar-refractivity contribution in [1.29, 1.82) is 0 Å².